The van der Waals surface area contributed by atoms with E-state index >= 15 is 0 Å². The van der Waals surface area contributed by atoms with Gasteiger partial charge in [-0.25, -0.2) is 4.39 Å². The zero-order chi connectivity index (χ0) is 18.5. The van der Waals surface area contributed by atoms with Gasteiger partial charge in [0, 0.05) is 18.1 Å². The van der Waals surface area contributed by atoms with Gasteiger partial charge in [0.05, 0.1) is 17.4 Å². The summed E-state index contributed by atoms with van der Waals surface area (Å²) in [4.78, 5) is 8.82. The van der Waals surface area contributed by atoms with E-state index in [9.17, 15) is 4.39 Å². The Morgan fingerprint density at radius 3 is 2.78 bits per heavy atom. The van der Waals surface area contributed by atoms with Crippen LogP contribution in [0.1, 0.15) is 5.56 Å². The maximum Gasteiger partial charge on any atom is 0.244 e. The van der Waals surface area contributed by atoms with Crippen molar-refractivity contribution in [2.45, 2.75) is 6.42 Å². The van der Waals surface area contributed by atoms with Crippen LogP contribution >= 0.6 is 0 Å². The van der Waals surface area contributed by atoms with Gasteiger partial charge >= 0.3 is 0 Å². The number of nitrogens with zero attached hydrogens (tertiary/aromatic N) is 4. The molecule has 27 heavy (non-hydrogen) atoms. The van der Waals surface area contributed by atoms with E-state index in [1.165, 1.54) is 6.07 Å². The van der Waals surface area contributed by atoms with Gasteiger partial charge in [-0.1, -0.05) is 36.4 Å². The first kappa shape index (κ1) is 16.8. The second-order valence-corrected chi connectivity index (χ2v) is 5.94. The molecule has 2 aromatic carbocycles. The van der Waals surface area contributed by atoms with Gasteiger partial charge in [0.1, 0.15) is 5.82 Å². The van der Waals surface area contributed by atoms with Gasteiger partial charge in [-0.2, -0.15) is 10.1 Å². The average Bonchev–Trinajstić information content (AvgIpc) is 2.70. The first-order valence-corrected chi connectivity index (χ1v) is 8.57. The Labute approximate surface area is 155 Å². The van der Waals surface area contributed by atoms with Crippen LogP contribution in [0.5, 0.6) is 0 Å². The number of rotatable bonds is 6. The molecule has 0 bridgehead atoms. The Balaban J connectivity index is 1.45. The highest BCUT2D eigenvalue weighted by Crippen LogP contribution is 2.23. The van der Waals surface area contributed by atoms with Gasteiger partial charge in [-0.3, -0.25) is 4.98 Å². The number of nitrogens with one attached hydrogen (secondary N) is 2. The van der Waals surface area contributed by atoms with Crippen molar-refractivity contribution in [1.29, 1.82) is 0 Å². The van der Waals surface area contributed by atoms with E-state index in [-0.39, 0.29) is 5.82 Å². The molecule has 134 valence electrons. The van der Waals surface area contributed by atoms with E-state index < -0.39 is 0 Å². The van der Waals surface area contributed by atoms with Gasteiger partial charge in [-0.15, -0.1) is 5.10 Å². The maximum absolute atomic E-state index is 13.7. The highest BCUT2D eigenvalue weighted by atomic mass is 19.1. The third kappa shape index (κ3) is 3.98. The Bertz CT molecular complexity index is 1060. The summed E-state index contributed by atoms with van der Waals surface area (Å²) in [5, 5.41) is 15.3. The fraction of sp³-hybridized carbons (Fsp3) is 0.100. The normalized spacial score (nSPS) is 10.7. The zero-order valence-corrected chi connectivity index (χ0v) is 14.4. The summed E-state index contributed by atoms with van der Waals surface area (Å²) in [6, 6.07) is 16.5. The maximum atomic E-state index is 13.7. The largest absolute Gasteiger partial charge is 0.353 e. The lowest BCUT2D eigenvalue weighted by atomic mass is 10.1. The van der Waals surface area contributed by atoms with Crippen molar-refractivity contribution in [3.8, 4) is 0 Å². The Morgan fingerprint density at radius 1 is 0.963 bits per heavy atom. The van der Waals surface area contributed by atoms with Gasteiger partial charge in [0.15, 0.2) is 5.82 Å². The van der Waals surface area contributed by atoms with Crippen molar-refractivity contribution in [3.63, 3.8) is 0 Å². The molecule has 6 nitrogen and oxygen atoms in total. The van der Waals surface area contributed by atoms with Crippen molar-refractivity contribution in [1.82, 2.24) is 20.2 Å². The Morgan fingerprint density at radius 2 is 1.85 bits per heavy atom. The van der Waals surface area contributed by atoms with Crippen LogP contribution in [0.2, 0.25) is 0 Å². The third-order valence-electron chi connectivity index (χ3n) is 4.09. The van der Waals surface area contributed by atoms with E-state index in [4.69, 9.17) is 0 Å². The van der Waals surface area contributed by atoms with Crippen molar-refractivity contribution in [2.24, 2.45) is 0 Å². The molecule has 0 unspecified atom stereocenters. The van der Waals surface area contributed by atoms with Crippen LogP contribution in [0.3, 0.4) is 0 Å². The van der Waals surface area contributed by atoms with Crippen LogP contribution in [0.4, 0.5) is 21.8 Å². The number of para-hydroxylation sites is 1. The quantitative estimate of drug-likeness (QED) is 0.542. The van der Waals surface area contributed by atoms with Gasteiger partial charge in [0.25, 0.3) is 0 Å². The second-order valence-electron chi connectivity index (χ2n) is 5.94. The molecule has 0 saturated heterocycles. The van der Waals surface area contributed by atoms with E-state index in [2.05, 4.69) is 30.8 Å². The topological polar surface area (TPSA) is 75.6 Å². The van der Waals surface area contributed by atoms with Crippen molar-refractivity contribution in [3.05, 3.63) is 78.4 Å². The monoisotopic (exact) mass is 360 g/mol. The number of benzene rings is 2. The lowest BCUT2D eigenvalue weighted by Gasteiger charge is -2.09. The van der Waals surface area contributed by atoms with Crippen LogP contribution in [-0.2, 0) is 6.42 Å². The molecule has 2 N–H and O–H groups in total. The highest BCUT2D eigenvalue weighted by Gasteiger charge is 2.06. The molecule has 0 radical (unpaired) electrons. The lowest BCUT2D eigenvalue weighted by Crippen LogP contribution is -2.10. The van der Waals surface area contributed by atoms with E-state index in [0.29, 0.717) is 30.3 Å². The third-order valence-corrected chi connectivity index (χ3v) is 4.09. The first-order chi connectivity index (χ1) is 13.3. The molecule has 0 aliphatic carbocycles. The Kier molecular flexibility index (Phi) is 4.82. The van der Waals surface area contributed by atoms with E-state index in [0.717, 1.165) is 16.6 Å². The zero-order valence-electron chi connectivity index (χ0n) is 14.4. The molecule has 2 aromatic heterocycles. The molecule has 0 saturated carbocycles. The molecule has 0 atom stereocenters. The average molecular weight is 360 g/mol. The summed E-state index contributed by atoms with van der Waals surface area (Å²) in [5.74, 6) is 0.721. The number of halogens is 1. The number of pyridine rings is 1. The smallest absolute Gasteiger partial charge is 0.244 e. The molecule has 0 aliphatic heterocycles. The van der Waals surface area contributed by atoms with E-state index in [1.807, 2.05) is 36.4 Å². The minimum absolute atomic E-state index is 0.211. The predicted molar refractivity (Wildman–Crippen MR) is 103 cm³/mol. The highest BCUT2D eigenvalue weighted by molar-refractivity contribution is 5.91. The number of hydrogen-bond acceptors (Lipinski definition) is 6. The number of fused-ring (bicyclic) bond motifs is 1. The van der Waals surface area contributed by atoms with Crippen LogP contribution in [0, 0.1) is 5.82 Å². The molecular weight excluding hydrogens is 343 g/mol. The summed E-state index contributed by atoms with van der Waals surface area (Å²) < 4.78 is 13.7. The fourth-order valence-electron chi connectivity index (χ4n) is 2.79. The predicted octanol–water partition coefficient (Wildman–Crippen LogP) is 3.96. The first-order valence-electron chi connectivity index (χ1n) is 8.57. The minimum atomic E-state index is -0.211. The molecular formula is C20H17FN6. The van der Waals surface area contributed by atoms with Gasteiger partial charge < -0.3 is 10.6 Å². The molecule has 2 heterocycles. The minimum Gasteiger partial charge on any atom is -0.353 e. The molecule has 0 fully saturated rings. The summed E-state index contributed by atoms with van der Waals surface area (Å²) in [6.45, 7) is 0.502. The molecule has 0 spiro atoms. The summed E-state index contributed by atoms with van der Waals surface area (Å²) in [5.41, 5.74) is 2.34. The number of hydrogen-bond donors (Lipinski definition) is 2. The van der Waals surface area contributed by atoms with Crippen LogP contribution < -0.4 is 10.6 Å². The summed E-state index contributed by atoms with van der Waals surface area (Å²) in [7, 11) is 0. The molecule has 4 aromatic rings. The van der Waals surface area contributed by atoms with E-state index in [1.54, 1.807) is 24.5 Å². The van der Waals surface area contributed by atoms with Crippen molar-refractivity contribution >= 4 is 28.4 Å². The Hall–Kier alpha value is -3.61. The van der Waals surface area contributed by atoms with Crippen molar-refractivity contribution < 1.29 is 4.39 Å². The standard InChI is InChI=1S/C20H17FN6/c21-16-8-2-1-5-14(16)10-12-23-20-26-18(13-24-27-20)25-17-9-3-6-15-7-4-11-22-19(15)17/h1-9,11,13H,10,12H2,(H2,23,25,26,27). The molecule has 4 rings (SSSR count). The SMILES string of the molecule is Fc1ccccc1CCNc1nncc(Nc2cccc3cccnc23)n1. The second kappa shape index (κ2) is 7.74. The summed E-state index contributed by atoms with van der Waals surface area (Å²) in [6.07, 6.45) is 3.83. The molecule has 0 amide bonds. The van der Waals surface area contributed by atoms with Crippen LogP contribution in [0.15, 0.2) is 67.0 Å². The lowest BCUT2D eigenvalue weighted by molar-refractivity contribution is 0.610. The molecule has 0 aliphatic rings. The molecule has 7 heteroatoms. The summed E-state index contributed by atoms with van der Waals surface area (Å²) >= 11 is 0. The number of aromatic nitrogens is 4. The van der Waals surface area contributed by atoms with Crippen LogP contribution in [0.25, 0.3) is 10.9 Å². The van der Waals surface area contributed by atoms with Crippen molar-refractivity contribution in [2.75, 3.05) is 17.2 Å². The van der Waals surface area contributed by atoms with Crippen LogP contribution in [-0.4, -0.2) is 26.7 Å². The van der Waals surface area contributed by atoms with Gasteiger partial charge in [0.2, 0.25) is 5.95 Å². The van der Waals surface area contributed by atoms with Gasteiger partial charge in [-0.05, 0) is 30.2 Å². The number of anilines is 3. The fourth-order valence-corrected chi connectivity index (χ4v) is 2.79.